The van der Waals surface area contributed by atoms with Crippen LogP contribution in [0.4, 0.5) is 13.2 Å². The molecular weight excluding hydrogens is 233 g/mol. The molecule has 0 saturated heterocycles. The minimum Gasteiger partial charge on any atom is -0.465 e. The first kappa shape index (κ1) is 11.6. The average Bonchev–Trinajstić information content (AvgIpc) is 2.63. The molecule has 0 radical (unpaired) electrons. The lowest BCUT2D eigenvalue weighted by Gasteiger charge is -1.98. The Morgan fingerprint density at radius 3 is 2.47 bits per heavy atom. The van der Waals surface area contributed by atoms with Crippen molar-refractivity contribution in [1.29, 1.82) is 0 Å². The molecule has 0 atom stereocenters. The number of carbonyl (C=O) groups excluding carboxylic acids is 1. The highest BCUT2D eigenvalue weighted by molar-refractivity contribution is 7.12. The van der Waals surface area contributed by atoms with E-state index in [9.17, 15) is 18.0 Å². The zero-order valence-electron chi connectivity index (χ0n) is 7.46. The van der Waals surface area contributed by atoms with E-state index in [1.165, 1.54) is 0 Å². The molecule has 0 amide bonds. The third kappa shape index (κ3) is 2.52. The lowest BCUT2D eigenvalue weighted by Crippen LogP contribution is -2.03. The minimum absolute atomic E-state index is 0.200. The van der Waals surface area contributed by atoms with Gasteiger partial charge in [0.25, 0.3) is 0 Å². The van der Waals surface area contributed by atoms with Crippen LogP contribution in [0.15, 0.2) is 6.58 Å². The summed E-state index contributed by atoms with van der Waals surface area (Å²) in [7, 11) is 1.10. The molecule has 0 aliphatic rings. The quantitative estimate of drug-likeness (QED) is 0.581. The summed E-state index contributed by atoms with van der Waals surface area (Å²) in [5.41, 5.74) is -0.245. The first-order valence-electron chi connectivity index (χ1n) is 3.54. The van der Waals surface area contributed by atoms with E-state index in [1.807, 2.05) is 0 Å². The van der Waals surface area contributed by atoms with Gasteiger partial charge in [0.1, 0.15) is 0 Å². The Hall–Kier alpha value is -1.44. The lowest BCUT2D eigenvalue weighted by molar-refractivity contribution is -0.138. The Bertz CT molecular complexity index is 399. The van der Waals surface area contributed by atoms with Gasteiger partial charge in [0, 0.05) is 0 Å². The highest BCUT2D eigenvalue weighted by atomic mass is 32.1. The number of halogens is 3. The molecule has 8 heteroatoms. The maximum atomic E-state index is 12.1. The van der Waals surface area contributed by atoms with Crippen molar-refractivity contribution in [3.8, 4) is 0 Å². The van der Waals surface area contributed by atoms with E-state index in [2.05, 4.69) is 21.5 Å². The second-order valence-electron chi connectivity index (χ2n) is 2.38. The zero-order chi connectivity index (χ0) is 11.6. The Balaban J connectivity index is 2.95. The van der Waals surface area contributed by atoms with Crippen LogP contribution in [0.3, 0.4) is 0 Å². The van der Waals surface area contributed by atoms with Crippen LogP contribution in [-0.2, 0) is 15.7 Å². The van der Waals surface area contributed by atoms with Gasteiger partial charge >= 0.3 is 12.1 Å². The van der Waals surface area contributed by atoms with E-state index in [0.717, 1.165) is 7.11 Å². The lowest BCUT2D eigenvalue weighted by atomic mass is 10.3. The Kier molecular flexibility index (Phi) is 3.08. The fraction of sp³-hybridized carbons (Fsp3) is 0.286. The van der Waals surface area contributed by atoms with Crippen molar-refractivity contribution in [2.75, 3.05) is 7.11 Å². The zero-order valence-corrected chi connectivity index (χ0v) is 8.28. The summed E-state index contributed by atoms with van der Waals surface area (Å²) in [6.07, 6.45) is -4.56. The summed E-state index contributed by atoms with van der Waals surface area (Å²) < 4.78 is 40.6. The molecule has 0 N–H and O–H groups in total. The van der Waals surface area contributed by atoms with Gasteiger partial charge in [-0.25, -0.2) is 4.79 Å². The summed E-state index contributed by atoms with van der Waals surface area (Å²) in [6, 6.07) is 0. The molecule has 1 aromatic rings. The SMILES string of the molecule is C=C(C(=O)OC)c1nnc(C(F)(F)F)s1. The molecular formula is C7H5F3N2O2S. The largest absolute Gasteiger partial charge is 0.465 e. The molecule has 0 unspecified atom stereocenters. The maximum absolute atomic E-state index is 12.1. The number of methoxy groups -OCH3 is 1. The molecule has 0 saturated carbocycles. The molecule has 0 aliphatic heterocycles. The van der Waals surface area contributed by atoms with Gasteiger partial charge in [0.2, 0.25) is 5.01 Å². The van der Waals surface area contributed by atoms with Crippen LogP contribution in [0.25, 0.3) is 5.57 Å². The number of hydrogen-bond acceptors (Lipinski definition) is 5. The van der Waals surface area contributed by atoms with Gasteiger partial charge in [-0.1, -0.05) is 17.9 Å². The predicted octanol–water partition coefficient (Wildman–Crippen LogP) is 1.74. The third-order valence-electron chi connectivity index (χ3n) is 1.36. The van der Waals surface area contributed by atoms with Crippen molar-refractivity contribution in [2.24, 2.45) is 0 Å². The van der Waals surface area contributed by atoms with Crippen LogP contribution < -0.4 is 0 Å². The first-order chi connectivity index (χ1) is 6.86. The molecule has 0 fully saturated rings. The van der Waals surface area contributed by atoms with Crippen molar-refractivity contribution >= 4 is 22.9 Å². The maximum Gasteiger partial charge on any atom is 0.445 e. The van der Waals surface area contributed by atoms with Gasteiger partial charge in [-0.05, 0) is 0 Å². The molecule has 0 aromatic carbocycles. The Labute approximate surface area is 86.4 Å². The van der Waals surface area contributed by atoms with Gasteiger partial charge in [0.05, 0.1) is 12.7 Å². The predicted molar refractivity (Wildman–Crippen MR) is 46.0 cm³/mol. The van der Waals surface area contributed by atoms with Gasteiger partial charge in [-0.2, -0.15) is 13.2 Å². The van der Waals surface area contributed by atoms with Crippen LogP contribution in [0, 0.1) is 0 Å². The van der Waals surface area contributed by atoms with E-state index in [1.54, 1.807) is 0 Å². The highest BCUT2D eigenvalue weighted by Gasteiger charge is 2.36. The summed E-state index contributed by atoms with van der Waals surface area (Å²) in [6.45, 7) is 3.26. The van der Waals surface area contributed by atoms with Gasteiger partial charge in [-0.15, -0.1) is 10.2 Å². The second-order valence-corrected chi connectivity index (χ2v) is 3.36. The van der Waals surface area contributed by atoms with E-state index in [-0.39, 0.29) is 21.9 Å². The van der Waals surface area contributed by atoms with Gasteiger partial charge < -0.3 is 4.74 Å². The molecule has 82 valence electrons. The van der Waals surface area contributed by atoms with Crippen molar-refractivity contribution in [1.82, 2.24) is 10.2 Å². The number of rotatable bonds is 2. The van der Waals surface area contributed by atoms with E-state index in [0.29, 0.717) is 0 Å². The van der Waals surface area contributed by atoms with Crippen LogP contribution in [0.1, 0.15) is 10.0 Å². The molecule has 0 spiro atoms. The van der Waals surface area contributed by atoms with E-state index < -0.39 is 17.2 Å². The molecule has 0 aliphatic carbocycles. The standard InChI is InChI=1S/C7H5F3N2O2S/c1-3(5(13)14-2)4-11-12-6(15-4)7(8,9)10/h1H2,2H3. The average molecular weight is 238 g/mol. The monoisotopic (exact) mass is 238 g/mol. The van der Waals surface area contributed by atoms with Crippen LogP contribution >= 0.6 is 11.3 Å². The molecule has 1 heterocycles. The number of esters is 1. The molecule has 15 heavy (non-hydrogen) atoms. The van der Waals surface area contributed by atoms with E-state index in [4.69, 9.17) is 0 Å². The smallest absolute Gasteiger partial charge is 0.445 e. The summed E-state index contributed by atoms with van der Waals surface area (Å²) in [5, 5.41) is 4.78. The second kappa shape index (κ2) is 3.97. The van der Waals surface area contributed by atoms with Gasteiger partial charge in [0.15, 0.2) is 5.01 Å². The number of aromatic nitrogens is 2. The molecule has 4 nitrogen and oxygen atoms in total. The van der Waals surface area contributed by atoms with Crippen LogP contribution in [0.5, 0.6) is 0 Å². The van der Waals surface area contributed by atoms with Crippen molar-refractivity contribution in [3.05, 3.63) is 16.6 Å². The summed E-state index contributed by atoms with van der Waals surface area (Å²) in [4.78, 5) is 10.9. The number of ether oxygens (including phenoxy) is 1. The molecule has 1 aromatic heterocycles. The molecule has 1 rings (SSSR count). The summed E-state index contributed by atoms with van der Waals surface area (Å²) in [5.74, 6) is -0.833. The van der Waals surface area contributed by atoms with Crippen molar-refractivity contribution in [3.63, 3.8) is 0 Å². The number of alkyl halides is 3. The Morgan fingerprint density at radius 1 is 1.47 bits per heavy atom. The third-order valence-corrected chi connectivity index (χ3v) is 2.39. The van der Waals surface area contributed by atoms with E-state index >= 15 is 0 Å². The fourth-order valence-corrected chi connectivity index (χ4v) is 1.34. The number of hydrogen-bond donors (Lipinski definition) is 0. The number of nitrogens with zero attached hydrogens (tertiary/aromatic N) is 2. The van der Waals surface area contributed by atoms with Gasteiger partial charge in [-0.3, -0.25) is 0 Å². The minimum atomic E-state index is -4.56. The Morgan fingerprint density at radius 2 is 2.07 bits per heavy atom. The number of carbonyl (C=O) groups is 1. The normalized spacial score (nSPS) is 11.2. The van der Waals surface area contributed by atoms with Crippen molar-refractivity contribution in [2.45, 2.75) is 6.18 Å². The summed E-state index contributed by atoms with van der Waals surface area (Å²) >= 11 is 0.244. The van der Waals surface area contributed by atoms with Crippen molar-refractivity contribution < 1.29 is 22.7 Å². The first-order valence-corrected chi connectivity index (χ1v) is 4.36. The van der Waals surface area contributed by atoms with Crippen LogP contribution in [-0.4, -0.2) is 23.3 Å². The van der Waals surface area contributed by atoms with Crippen LogP contribution in [0.2, 0.25) is 0 Å². The molecule has 0 bridgehead atoms. The topological polar surface area (TPSA) is 52.1 Å². The fourth-order valence-electron chi connectivity index (χ4n) is 0.670. The highest BCUT2D eigenvalue weighted by Crippen LogP contribution is 2.33.